The summed E-state index contributed by atoms with van der Waals surface area (Å²) in [4.78, 5) is 0. The molecule has 0 radical (unpaired) electrons. The van der Waals surface area contributed by atoms with Crippen molar-refractivity contribution in [2.75, 3.05) is 19.3 Å². The number of halogens is 1. The van der Waals surface area contributed by atoms with Crippen LogP contribution in [0.3, 0.4) is 0 Å². The van der Waals surface area contributed by atoms with E-state index in [1.54, 1.807) is 0 Å². The Labute approximate surface area is 123 Å². The normalized spacial score (nSPS) is 18.5. The molecule has 0 saturated heterocycles. The van der Waals surface area contributed by atoms with Gasteiger partial charge in [0.25, 0.3) is 0 Å². The molecule has 4 nitrogen and oxygen atoms in total. The van der Waals surface area contributed by atoms with Gasteiger partial charge in [0.1, 0.15) is 0 Å². The van der Waals surface area contributed by atoms with Gasteiger partial charge in [-0.25, -0.2) is 13.1 Å². The Bertz CT molecular complexity index is 546. The van der Waals surface area contributed by atoms with Crippen molar-refractivity contribution in [3.05, 3.63) is 33.8 Å². The van der Waals surface area contributed by atoms with E-state index in [0.29, 0.717) is 12.6 Å². The molecular formula is C13H19BrN2O2S. The molecule has 19 heavy (non-hydrogen) atoms. The summed E-state index contributed by atoms with van der Waals surface area (Å²) in [6.45, 7) is 1.31. The molecule has 2 N–H and O–H groups in total. The molecule has 0 saturated carbocycles. The highest BCUT2D eigenvalue weighted by molar-refractivity contribution is 9.10. The highest BCUT2D eigenvalue weighted by Gasteiger charge is 2.21. The second-order valence-electron chi connectivity index (χ2n) is 4.91. The van der Waals surface area contributed by atoms with Gasteiger partial charge in [0, 0.05) is 17.1 Å². The number of sulfonamides is 1. The third-order valence-corrected chi connectivity index (χ3v) is 4.51. The van der Waals surface area contributed by atoms with Gasteiger partial charge in [-0.15, -0.1) is 0 Å². The number of fused-ring (bicyclic) bond motifs is 1. The van der Waals surface area contributed by atoms with Gasteiger partial charge in [-0.05, 0) is 49.1 Å². The largest absolute Gasteiger partial charge is 0.310 e. The second-order valence-corrected chi connectivity index (χ2v) is 7.66. The molecule has 6 heteroatoms. The molecule has 1 aromatic carbocycles. The van der Waals surface area contributed by atoms with Crippen molar-refractivity contribution in [3.8, 4) is 0 Å². The molecule has 0 aromatic heterocycles. The molecule has 0 spiro atoms. The second kappa shape index (κ2) is 6.35. The number of aryl methyl sites for hydroxylation is 1. The van der Waals surface area contributed by atoms with E-state index in [-0.39, 0.29) is 0 Å². The van der Waals surface area contributed by atoms with Crippen LogP contribution in [0.15, 0.2) is 22.7 Å². The predicted molar refractivity (Wildman–Crippen MR) is 80.7 cm³/mol. The lowest BCUT2D eigenvalue weighted by molar-refractivity contribution is 0.517. The van der Waals surface area contributed by atoms with Crippen LogP contribution in [0.2, 0.25) is 0 Å². The smallest absolute Gasteiger partial charge is 0.208 e. The van der Waals surface area contributed by atoms with E-state index in [1.807, 2.05) is 0 Å². The van der Waals surface area contributed by atoms with Gasteiger partial charge in [-0.3, -0.25) is 0 Å². The highest BCUT2D eigenvalue weighted by Crippen LogP contribution is 2.32. The van der Waals surface area contributed by atoms with Crippen LogP contribution in [0.1, 0.15) is 30.0 Å². The number of hydrogen-bond donors (Lipinski definition) is 2. The lowest BCUT2D eigenvalue weighted by Gasteiger charge is -2.14. The number of benzene rings is 1. The quantitative estimate of drug-likeness (QED) is 0.774. The maximum Gasteiger partial charge on any atom is 0.208 e. The molecule has 1 aliphatic carbocycles. The fourth-order valence-corrected chi connectivity index (χ4v) is 3.34. The molecule has 1 atom stereocenters. The Kier molecular flexibility index (Phi) is 5.00. The van der Waals surface area contributed by atoms with Crippen LogP contribution in [0, 0.1) is 0 Å². The van der Waals surface area contributed by atoms with Crippen molar-refractivity contribution in [1.82, 2.24) is 10.0 Å². The van der Waals surface area contributed by atoms with E-state index in [1.165, 1.54) is 17.4 Å². The molecule has 0 bridgehead atoms. The lowest BCUT2D eigenvalue weighted by Crippen LogP contribution is -2.27. The average molecular weight is 347 g/mol. The van der Waals surface area contributed by atoms with Crippen molar-refractivity contribution >= 4 is 26.0 Å². The fraction of sp³-hybridized carbons (Fsp3) is 0.538. The fourth-order valence-electron chi connectivity index (χ4n) is 2.42. The number of nitrogens with one attached hydrogen (secondary N) is 2. The third kappa shape index (κ3) is 4.56. The number of hydrogen-bond acceptors (Lipinski definition) is 3. The Balaban J connectivity index is 1.77. The van der Waals surface area contributed by atoms with E-state index in [9.17, 15) is 8.42 Å². The summed E-state index contributed by atoms with van der Waals surface area (Å²) < 4.78 is 25.4. The number of rotatable bonds is 6. The lowest BCUT2D eigenvalue weighted by atomic mass is 10.1. The summed E-state index contributed by atoms with van der Waals surface area (Å²) >= 11 is 3.49. The maximum absolute atomic E-state index is 10.9. The summed E-state index contributed by atoms with van der Waals surface area (Å²) in [5, 5.41) is 3.49. The molecule has 0 fully saturated rings. The van der Waals surface area contributed by atoms with Gasteiger partial charge < -0.3 is 5.32 Å². The zero-order valence-corrected chi connectivity index (χ0v) is 13.4. The highest BCUT2D eigenvalue weighted by atomic mass is 79.9. The van der Waals surface area contributed by atoms with Crippen molar-refractivity contribution in [3.63, 3.8) is 0 Å². The van der Waals surface area contributed by atoms with Crippen molar-refractivity contribution in [2.45, 2.75) is 25.3 Å². The van der Waals surface area contributed by atoms with E-state index in [4.69, 9.17) is 0 Å². The van der Waals surface area contributed by atoms with Gasteiger partial charge in [0.05, 0.1) is 6.26 Å². The van der Waals surface area contributed by atoms with E-state index in [2.05, 4.69) is 44.2 Å². The van der Waals surface area contributed by atoms with Crippen LogP contribution >= 0.6 is 15.9 Å². The Morgan fingerprint density at radius 1 is 1.37 bits per heavy atom. The SMILES string of the molecule is CS(=O)(=O)NCCCN[C@@H]1CCc2cc(Br)ccc21. The molecule has 0 aliphatic heterocycles. The minimum absolute atomic E-state index is 0.404. The molecule has 0 heterocycles. The average Bonchev–Trinajstić information content (AvgIpc) is 2.69. The van der Waals surface area contributed by atoms with Crippen LogP contribution < -0.4 is 10.0 Å². The minimum atomic E-state index is -3.06. The first-order chi connectivity index (χ1) is 8.96. The minimum Gasteiger partial charge on any atom is -0.310 e. The first-order valence-electron chi connectivity index (χ1n) is 6.42. The first-order valence-corrected chi connectivity index (χ1v) is 9.10. The van der Waals surface area contributed by atoms with Gasteiger partial charge in [-0.1, -0.05) is 22.0 Å². The van der Waals surface area contributed by atoms with Crippen LogP contribution in [0.5, 0.6) is 0 Å². The van der Waals surface area contributed by atoms with Gasteiger partial charge in [0.15, 0.2) is 0 Å². The zero-order chi connectivity index (χ0) is 13.9. The van der Waals surface area contributed by atoms with Gasteiger partial charge >= 0.3 is 0 Å². The summed E-state index contributed by atoms with van der Waals surface area (Å²) in [6.07, 6.45) is 4.21. The Morgan fingerprint density at radius 2 is 2.16 bits per heavy atom. The Morgan fingerprint density at radius 3 is 2.89 bits per heavy atom. The summed E-state index contributed by atoms with van der Waals surface area (Å²) in [7, 11) is -3.06. The molecule has 1 aromatic rings. The maximum atomic E-state index is 10.9. The van der Waals surface area contributed by atoms with Gasteiger partial charge in [0.2, 0.25) is 10.0 Å². The van der Waals surface area contributed by atoms with Crippen LogP contribution in [0.25, 0.3) is 0 Å². The molecule has 106 valence electrons. The summed E-state index contributed by atoms with van der Waals surface area (Å²) in [5.74, 6) is 0. The summed E-state index contributed by atoms with van der Waals surface area (Å²) in [5.41, 5.74) is 2.78. The first kappa shape index (κ1) is 15.0. The molecule has 2 rings (SSSR count). The molecule has 0 amide bonds. The van der Waals surface area contributed by atoms with Crippen molar-refractivity contribution < 1.29 is 8.42 Å². The molecule has 1 aliphatic rings. The van der Waals surface area contributed by atoms with E-state index >= 15 is 0 Å². The van der Waals surface area contributed by atoms with Crippen molar-refractivity contribution in [1.29, 1.82) is 0 Å². The van der Waals surface area contributed by atoms with Crippen molar-refractivity contribution in [2.24, 2.45) is 0 Å². The van der Waals surface area contributed by atoms with Crippen LogP contribution in [-0.4, -0.2) is 27.8 Å². The molecular weight excluding hydrogens is 328 g/mol. The third-order valence-electron chi connectivity index (χ3n) is 3.29. The molecule has 0 unspecified atom stereocenters. The zero-order valence-electron chi connectivity index (χ0n) is 10.9. The van der Waals surface area contributed by atoms with Crippen LogP contribution in [-0.2, 0) is 16.4 Å². The van der Waals surface area contributed by atoms with Gasteiger partial charge in [-0.2, -0.15) is 0 Å². The monoisotopic (exact) mass is 346 g/mol. The predicted octanol–water partition coefficient (Wildman–Crippen LogP) is 1.97. The van der Waals surface area contributed by atoms with E-state index < -0.39 is 10.0 Å². The topological polar surface area (TPSA) is 58.2 Å². The van der Waals surface area contributed by atoms with Crippen LogP contribution in [0.4, 0.5) is 0 Å². The standard InChI is InChI=1S/C13H19BrN2O2S/c1-19(17,18)16-8-2-7-15-13-6-3-10-9-11(14)4-5-12(10)13/h4-5,9,13,15-16H,2-3,6-8H2,1H3/t13-/m1/s1. The Hall–Kier alpha value is -0.430. The van der Waals surface area contributed by atoms with E-state index in [0.717, 1.165) is 30.3 Å². The summed E-state index contributed by atoms with van der Waals surface area (Å²) in [6, 6.07) is 6.83.